The smallest absolute Gasteiger partial charge is 0.350 e. The van der Waals surface area contributed by atoms with Crippen LogP contribution in [0, 0.1) is 0 Å². The highest BCUT2D eigenvalue weighted by molar-refractivity contribution is 7.99. The van der Waals surface area contributed by atoms with Gasteiger partial charge in [0.05, 0.1) is 7.11 Å². The molecule has 2 heterocycles. The van der Waals surface area contributed by atoms with E-state index in [1.165, 1.54) is 21.7 Å². The van der Waals surface area contributed by atoms with Crippen molar-refractivity contribution in [1.29, 1.82) is 0 Å². The zero-order chi connectivity index (χ0) is 22.5. The van der Waals surface area contributed by atoms with E-state index >= 15 is 0 Å². The Hall–Kier alpha value is -3.59. The summed E-state index contributed by atoms with van der Waals surface area (Å²) in [6.07, 6.45) is 4.02. The van der Waals surface area contributed by atoms with E-state index in [1.807, 2.05) is 42.5 Å². The number of carbonyl (C=O) groups excluding carboxylic acids is 1. The first-order valence-electron chi connectivity index (χ1n) is 10.2. The summed E-state index contributed by atoms with van der Waals surface area (Å²) in [5, 5.41) is 7.82. The molecule has 9 heteroatoms. The predicted molar refractivity (Wildman–Crippen MR) is 122 cm³/mol. The number of fused-ring (bicyclic) bond motifs is 1. The minimum Gasteiger partial charge on any atom is -0.497 e. The Balaban J connectivity index is 1.51. The number of nitrogens with zero attached hydrogens (tertiary/aromatic N) is 4. The molecule has 2 aromatic heterocycles. The number of amides is 1. The Morgan fingerprint density at radius 3 is 2.69 bits per heavy atom. The number of nitrogens with one attached hydrogen (secondary N) is 1. The first-order chi connectivity index (χ1) is 15.6. The summed E-state index contributed by atoms with van der Waals surface area (Å²) in [7, 11) is 1.60. The number of hydrogen-bond acceptors (Lipinski definition) is 6. The lowest BCUT2D eigenvalue weighted by atomic mass is 10.2. The molecule has 32 heavy (non-hydrogen) atoms. The lowest BCUT2D eigenvalue weighted by Crippen LogP contribution is -2.32. The van der Waals surface area contributed by atoms with E-state index in [0.717, 1.165) is 27.3 Å². The maximum absolute atomic E-state index is 12.8. The van der Waals surface area contributed by atoms with Crippen LogP contribution >= 0.6 is 11.8 Å². The third-order valence-electron chi connectivity index (χ3n) is 4.97. The fourth-order valence-electron chi connectivity index (χ4n) is 3.24. The number of aromatic nitrogens is 4. The Morgan fingerprint density at radius 1 is 1.16 bits per heavy atom. The minimum absolute atomic E-state index is 0.174. The second-order valence-electron chi connectivity index (χ2n) is 7.05. The molecular formula is C23H23N5O3S. The number of benzene rings is 2. The molecule has 2 aromatic carbocycles. The van der Waals surface area contributed by atoms with Crippen molar-refractivity contribution < 1.29 is 9.53 Å². The van der Waals surface area contributed by atoms with Crippen molar-refractivity contribution in [2.24, 2.45) is 0 Å². The van der Waals surface area contributed by atoms with Crippen LogP contribution in [-0.2, 0) is 24.3 Å². The van der Waals surface area contributed by atoms with Crippen molar-refractivity contribution in [3.05, 3.63) is 82.5 Å². The Morgan fingerprint density at radius 2 is 1.94 bits per heavy atom. The van der Waals surface area contributed by atoms with Gasteiger partial charge in [-0.1, -0.05) is 49.0 Å². The van der Waals surface area contributed by atoms with E-state index in [1.54, 1.807) is 19.5 Å². The van der Waals surface area contributed by atoms with Crippen molar-refractivity contribution >= 4 is 23.3 Å². The molecule has 0 radical (unpaired) electrons. The van der Waals surface area contributed by atoms with Gasteiger partial charge in [0, 0.05) is 23.8 Å². The lowest BCUT2D eigenvalue weighted by Gasteiger charge is -2.06. The highest BCUT2D eigenvalue weighted by atomic mass is 32.2. The summed E-state index contributed by atoms with van der Waals surface area (Å²) in [6.45, 7) is 2.27. The average molecular weight is 450 g/mol. The van der Waals surface area contributed by atoms with Crippen molar-refractivity contribution in [2.45, 2.75) is 36.4 Å². The van der Waals surface area contributed by atoms with E-state index in [-0.39, 0.29) is 18.1 Å². The summed E-state index contributed by atoms with van der Waals surface area (Å²) < 4.78 is 7.71. The monoisotopic (exact) mass is 449 g/mol. The van der Waals surface area contributed by atoms with E-state index in [9.17, 15) is 9.59 Å². The third kappa shape index (κ3) is 4.67. The number of carbonyl (C=O) groups is 1. The summed E-state index contributed by atoms with van der Waals surface area (Å²) in [5.41, 5.74) is 2.17. The molecule has 0 unspecified atom stereocenters. The predicted octanol–water partition coefficient (Wildman–Crippen LogP) is 2.93. The van der Waals surface area contributed by atoms with Crippen LogP contribution in [0.2, 0.25) is 0 Å². The average Bonchev–Trinajstić information content (AvgIpc) is 3.14. The van der Waals surface area contributed by atoms with Crippen LogP contribution in [0.15, 0.2) is 75.6 Å². The molecule has 4 rings (SSSR count). The Labute approximate surface area is 189 Å². The van der Waals surface area contributed by atoms with Gasteiger partial charge in [-0.05, 0) is 35.7 Å². The van der Waals surface area contributed by atoms with Crippen LogP contribution in [-0.4, -0.2) is 32.2 Å². The molecule has 0 bridgehead atoms. The van der Waals surface area contributed by atoms with Crippen LogP contribution < -0.4 is 15.7 Å². The van der Waals surface area contributed by atoms with Gasteiger partial charge in [-0.25, -0.2) is 18.9 Å². The topological polar surface area (TPSA) is 90.5 Å². The zero-order valence-corrected chi connectivity index (χ0v) is 18.6. The van der Waals surface area contributed by atoms with Gasteiger partial charge >= 0.3 is 5.69 Å². The normalized spacial score (nSPS) is 10.9. The quantitative estimate of drug-likeness (QED) is 0.445. The van der Waals surface area contributed by atoms with Gasteiger partial charge in [-0.2, -0.15) is 0 Å². The van der Waals surface area contributed by atoms with Crippen molar-refractivity contribution in [1.82, 2.24) is 24.5 Å². The molecular weight excluding hydrogens is 426 g/mol. The number of aryl methyl sites for hydroxylation is 1. The molecule has 164 valence electrons. The summed E-state index contributed by atoms with van der Waals surface area (Å²) >= 11 is 1.46. The van der Waals surface area contributed by atoms with Gasteiger partial charge in [-0.3, -0.25) is 4.79 Å². The van der Waals surface area contributed by atoms with Crippen molar-refractivity contribution in [3.8, 4) is 5.75 Å². The molecule has 0 fully saturated rings. The lowest BCUT2D eigenvalue weighted by molar-refractivity contribution is -0.122. The summed E-state index contributed by atoms with van der Waals surface area (Å²) in [5.74, 6) is 0.449. The van der Waals surface area contributed by atoms with Gasteiger partial charge in [0.25, 0.3) is 0 Å². The first kappa shape index (κ1) is 21.6. The minimum atomic E-state index is -0.382. The fourth-order valence-corrected chi connectivity index (χ4v) is 4.28. The van der Waals surface area contributed by atoms with Gasteiger partial charge < -0.3 is 10.1 Å². The van der Waals surface area contributed by atoms with E-state index < -0.39 is 0 Å². The number of methoxy groups -OCH3 is 1. The van der Waals surface area contributed by atoms with Crippen LogP contribution in [0.3, 0.4) is 0 Å². The molecule has 1 N–H and O–H groups in total. The van der Waals surface area contributed by atoms with Crippen LogP contribution in [0.25, 0.3) is 5.65 Å². The standard InChI is InChI=1S/C23H23N5O3S/c1-3-17-6-4-5-7-19(17)32-22-21-26-28(23(30)27(21)13-12-24-22)15-20(29)25-14-16-8-10-18(31-2)11-9-16/h4-13H,3,14-15H2,1-2H3,(H,25,29). The number of rotatable bonds is 8. The largest absolute Gasteiger partial charge is 0.497 e. The highest BCUT2D eigenvalue weighted by Gasteiger charge is 2.15. The van der Waals surface area contributed by atoms with Gasteiger partial charge in [0.1, 0.15) is 17.3 Å². The molecule has 1 amide bonds. The van der Waals surface area contributed by atoms with Crippen molar-refractivity contribution in [3.63, 3.8) is 0 Å². The summed E-state index contributed by atoms with van der Waals surface area (Å²) in [6, 6.07) is 15.5. The second kappa shape index (κ2) is 9.69. The molecule has 0 atom stereocenters. The van der Waals surface area contributed by atoms with Crippen LogP contribution in [0.4, 0.5) is 0 Å². The van der Waals surface area contributed by atoms with Crippen LogP contribution in [0.5, 0.6) is 5.75 Å². The molecule has 0 aliphatic rings. The van der Waals surface area contributed by atoms with Crippen LogP contribution in [0.1, 0.15) is 18.1 Å². The number of ether oxygens (including phenoxy) is 1. The maximum atomic E-state index is 12.8. The highest BCUT2D eigenvalue weighted by Crippen LogP contribution is 2.30. The molecule has 4 aromatic rings. The molecule has 0 spiro atoms. The van der Waals surface area contributed by atoms with Gasteiger partial charge in [-0.15, -0.1) is 5.10 Å². The van der Waals surface area contributed by atoms with Gasteiger partial charge in [0.2, 0.25) is 5.91 Å². The molecule has 0 aliphatic carbocycles. The Bertz CT molecular complexity index is 1300. The molecule has 0 saturated heterocycles. The molecule has 8 nitrogen and oxygen atoms in total. The number of hydrogen-bond donors (Lipinski definition) is 1. The zero-order valence-electron chi connectivity index (χ0n) is 17.8. The molecule has 0 aliphatic heterocycles. The van der Waals surface area contributed by atoms with E-state index in [4.69, 9.17) is 4.74 Å². The van der Waals surface area contributed by atoms with Gasteiger partial charge in [0.15, 0.2) is 5.65 Å². The second-order valence-corrected chi connectivity index (χ2v) is 8.09. The third-order valence-corrected chi connectivity index (χ3v) is 6.07. The summed E-state index contributed by atoms with van der Waals surface area (Å²) in [4.78, 5) is 30.7. The molecule has 0 saturated carbocycles. The van der Waals surface area contributed by atoms with Crippen molar-refractivity contribution in [2.75, 3.05) is 7.11 Å². The SMILES string of the molecule is CCc1ccccc1Sc1nccn2c(=O)n(CC(=O)NCc3ccc(OC)cc3)nc12. The van der Waals surface area contributed by atoms with E-state index in [0.29, 0.717) is 17.2 Å². The Kier molecular flexibility index (Phi) is 6.55. The van der Waals surface area contributed by atoms with E-state index in [2.05, 4.69) is 28.4 Å². The fraction of sp³-hybridized carbons (Fsp3) is 0.217. The first-order valence-corrected chi connectivity index (χ1v) is 11.0. The maximum Gasteiger partial charge on any atom is 0.350 e.